The molecule has 3 aliphatic rings. The highest BCUT2D eigenvalue weighted by Crippen LogP contribution is 2.55. The van der Waals surface area contributed by atoms with Crippen LogP contribution in [0.15, 0.2) is 42.5 Å². The van der Waals surface area contributed by atoms with Crippen molar-refractivity contribution < 1.29 is 9.53 Å². The van der Waals surface area contributed by atoms with Gasteiger partial charge in [0.25, 0.3) is 0 Å². The first-order chi connectivity index (χ1) is 16.9. The summed E-state index contributed by atoms with van der Waals surface area (Å²) >= 11 is 6.60. The van der Waals surface area contributed by atoms with Crippen molar-refractivity contribution in [1.82, 2.24) is 14.5 Å². The van der Waals surface area contributed by atoms with Crippen LogP contribution in [-0.4, -0.2) is 28.0 Å². The number of para-hydroxylation sites is 1. The molecule has 5 nitrogen and oxygen atoms in total. The fourth-order valence-electron chi connectivity index (χ4n) is 7.51. The number of ketones is 1. The number of fused-ring (bicyclic) bond motifs is 13. The zero-order chi connectivity index (χ0) is 23.8. The molecule has 6 heteroatoms. The molecule has 8 rings (SSSR count). The number of hydrogen-bond donors (Lipinski definition) is 1. The number of rotatable bonds is 1. The summed E-state index contributed by atoms with van der Waals surface area (Å²) < 4.78 is 11.9. The smallest absolute Gasteiger partial charge is 0.164 e. The molecule has 1 fully saturated rings. The van der Waals surface area contributed by atoms with E-state index in [4.69, 9.17) is 16.3 Å². The van der Waals surface area contributed by atoms with E-state index in [9.17, 15) is 4.79 Å². The van der Waals surface area contributed by atoms with Crippen LogP contribution in [0.3, 0.4) is 0 Å². The number of nitrogens with zero attached hydrogens (tertiary/aromatic N) is 2. The molecule has 5 aromatic rings. The van der Waals surface area contributed by atoms with Gasteiger partial charge in [-0.1, -0.05) is 42.8 Å². The summed E-state index contributed by atoms with van der Waals surface area (Å²) in [6.45, 7) is 4.51. The molecule has 2 aliphatic heterocycles. The minimum absolute atomic E-state index is 0.150. The molecule has 1 N–H and O–H groups in total. The van der Waals surface area contributed by atoms with Gasteiger partial charge in [0, 0.05) is 56.9 Å². The number of aromatic nitrogens is 2. The number of benzene rings is 3. The maximum absolute atomic E-state index is 13.4. The van der Waals surface area contributed by atoms with Crippen LogP contribution in [0.1, 0.15) is 48.8 Å². The van der Waals surface area contributed by atoms with E-state index in [1.54, 1.807) is 0 Å². The highest BCUT2D eigenvalue weighted by molar-refractivity contribution is 6.33. The third-order valence-electron chi connectivity index (χ3n) is 9.18. The third-order valence-corrected chi connectivity index (χ3v) is 9.42. The SMILES string of the molecule is CN[C@@H]1C[C@H]2O[C@@](C)([C@@H]1C)n1c3cc(Cl)ccc3c3c4c(c5c6ccccc6n2c5c31)C(=O)CC4. The standard InChI is InChI=1S/C29H26ClN3O2/c1-14-19(31-3)13-23-32-20-7-5-4-6-16(20)26-25-18(10-11-22(25)34)24-17-9-8-15(30)12-21(17)33(28(24)27(26)32)29(14,2)35-23/h4-9,12,14,19,23,31H,10-11,13H2,1-3H3/t14-,19-,23-,29+/m1/s1. The van der Waals surface area contributed by atoms with Crippen LogP contribution in [0.4, 0.5) is 0 Å². The zero-order valence-corrected chi connectivity index (χ0v) is 20.7. The first-order valence-electron chi connectivity index (χ1n) is 12.5. The van der Waals surface area contributed by atoms with E-state index in [0.29, 0.717) is 11.4 Å². The summed E-state index contributed by atoms with van der Waals surface area (Å²) in [6, 6.07) is 14.9. The van der Waals surface area contributed by atoms with Crippen molar-refractivity contribution in [2.45, 2.75) is 51.1 Å². The Balaban J connectivity index is 1.74. The molecule has 0 amide bonds. The zero-order valence-electron chi connectivity index (χ0n) is 20.0. The lowest BCUT2D eigenvalue weighted by atomic mass is 9.85. The highest BCUT2D eigenvalue weighted by Gasteiger charge is 2.50. The molecule has 176 valence electrons. The van der Waals surface area contributed by atoms with Crippen molar-refractivity contribution in [1.29, 1.82) is 0 Å². The number of nitrogens with one attached hydrogen (secondary N) is 1. The van der Waals surface area contributed by atoms with E-state index >= 15 is 0 Å². The monoisotopic (exact) mass is 483 g/mol. The second-order valence-electron chi connectivity index (χ2n) is 10.7. The Bertz CT molecular complexity index is 1780. The van der Waals surface area contributed by atoms with Crippen LogP contribution in [0, 0.1) is 5.92 Å². The van der Waals surface area contributed by atoms with Gasteiger partial charge in [-0.25, -0.2) is 0 Å². The van der Waals surface area contributed by atoms with E-state index < -0.39 is 5.72 Å². The highest BCUT2D eigenvalue weighted by atomic mass is 35.5. The second-order valence-corrected chi connectivity index (χ2v) is 11.1. The lowest BCUT2D eigenvalue weighted by Crippen LogP contribution is -2.54. The number of carbonyl (C=O) groups is 1. The van der Waals surface area contributed by atoms with Crippen LogP contribution < -0.4 is 5.32 Å². The number of ether oxygens (including phenoxy) is 1. The van der Waals surface area contributed by atoms with Gasteiger partial charge in [-0.05, 0) is 44.2 Å². The van der Waals surface area contributed by atoms with Gasteiger partial charge in [-0.3, -0.25) is 4.79 Å². The number of carbonyl (C=O) groups excluding carboxylic acids is 1. The molecule has 1 saturated heterocycles. The van der Waals surface area contributed by atoms with Gasteiger partial charge in [0.05, 0.1) is 22.1 Å². The Kier molecular flexibility index (Phi) is 3.76. The van der Waals surface area contributed by atoms with Gasteiger partial charge in [0.1, 0.15) is 12.0 Å². The van der Waals surface area contributed by atoms with Gasteiger partial charge >= 0.3 is 0 Å². The van der Waals surface area contributed by atoms with E-state index in [1.165, 1.54) is 16.5 Å². The van der Waals surface area contributed by atoms with Crippen molar-refractivity contribution >= 4 is 61.0 Å². The molecule has 2 aromatic heterocycles. The fraction of sp³-hybridized carbons (Fsp3) is 0.345. The minimum Gasteiger partial charge on any atom is -0.332 e. The van der Waals surface area contributed by atoms with E-state index in [1.807, 2.05) is 13.1 Å². The minimum atomic E-state index is -0.592. The molecule has 0 saturated carbocycles. The van der Waals surface area contributed by atoms with Gasteiger partial charge in [-0.15, -0.1) is 0 Å². The van der Waals surface area contributed by atoms with E-state index in [0.717, 1.165) is 51.1 Å². The molecule has 0 radical (unpaired) electrons. The Hall–Kier alpha value is -2.86. The number of halogens is 1. The van der Waals surface area contributed by atoms with Gasteiger partial charge < -0.3 is 19.2 Å². The largest absolute Gasteiger partial charge is 0.332 e. The van der Waals surface area contributed by atoms with Crippen LogP contribution in [-0.2, 0) is 16.9 Å². The maximum Gasteiger partial charge on any atom is 0.164 e. The summed E-state index contributed by atoms with van der Waals surface area (Å²) in [4.78, 5) is 13.4. The lowest BCUT2D eigenvalue weighted by Gasteiger charge is -2.48. The maximum atomic E-state index is 13.4. The summed E-state index contributed by atoms with van der Waals surface area (Å²) in [5.41, 5.74) is 6.01. The summed E-state index contributed by atoms with van der Waals surface area (Å²) in [7, 11) is 2.05. The normalized spacial score (nSPS) is 27.5. The summed E-state index contributed by atoms with van der Waals surface area (Å²) in [5.74, 6) is 0.461. The topological polar surface area (TPSA) is 48.2 Å². The van der Waals surface area contributed by atoms with Gasteiger partial charge in [-0.2, -0.15) is 0 Å². The molecule has 4 atom stereocenters. The predicted octanol–water partition coefficient (Wildman–Crippen LogP) is 6.51. The predicted molar refractivity (Wildman–Crippen MR) is 141 cm³/mol. The molecule has 3 aromatic carbocycles. The molecule has 2 bridgehead atoms. The van der Waals surface area contributed by atoms with Crippen LogP contribution in [0.5, 0.6) is 0 Å². The average molecular weight is 484 g/mol. The molecule has 4 heterocycles. The first kappa shape index (κ1) is 20.3. The van der Waals surface area contributed by atoms with Crippen molar-refractivity contribution in [3.8, 4) is 0 Å². The van der Waals surface area contributed by atoms with Crippen molar-refractivity contribution in [2.24, 2.45) is 5.92 Å². The van der Waals surface area contributed by atoms with Gasteiger partial charge in [0.2, 0.25) is 0 Å². The Morgan fingerprint density at radius 2 is 1.86 bits per heavy atom. The fourth-order valence-corrected chi connectivity index (χ4v) is 7.67. The Morgan fingerprint density at radius 1 is 1.06 bits per heavy atom. The molecule has 0 unspecified atom stereocenters. The number of aryl methyl sites for hydroxylation is 1. The quantitative estimate of drug-likeness (QED) is 0.295. The molecule has 0 spiro atoms. The summed E-state index contributed by atoms with van der Waals surface area (Å²) in [5, 5.41) is 8.86. The molecule has 1 aliphatic carbocycles. The van der Waals surface area contributed by atoms with Crippen LogP contribution in [0.2, 0.25) is 5.02 Å². The van der Waals surface area contributed by atoms with Crippen molar-refractivity contribution in [3.63, 3.8) is 0 Å². The van der Waals surface area contributed by atoms with Crippen LogP contribution in [0.25, 0.3) is 43.6 Å². The first-order valence-corrected chi connectivity index (χ1v) is 12.9. The van der Waals surface area contributed by atoms with E-state index in [-0.39, 0.29) is 24.0 Å². The second kappa shape index (κ2) is 6.47. The third kappa shape index (κ3) is 2.22. The van der Waals surface area contributed by atoms with Crippen molar-refractivity contribution in [3.05, 3.63) is 58.6 Å². The van der Waals surface area contributed by atoms with Gasteiger partial charge in [0.15, 0.2) is 5.78 Å². The Labute approximate surface area is 207 Å². The van der Waals surface area contributed by atoms with Crippen LogP contribution >= 0.6 is 11.6 Å². The average Bonchev–Trinajstić information content (AvgIpc) is 3.48. The molecular weight excluding hydrogens is 458 g/mol. The Morgan fingerprint density at radius 3 is 2.69 bits per heavy atom. The van der Waals surface area contributed by atoms with E-state index in [2.05, 4.69) is 64.7 Å². The lowest BCUT2D eigenvalue weighted by molar-refractivity contribution is -0.224. The number of hydrogen-bond acceptors (Lipinski definition) is 3. The molecule has 35 heavy (non-hydrogen) atoms. The molecular formula is C29H26ClN3O2. The summed E-state index contributed by atoms with van der Waals surface area (Å²) in [6.07, 6.45) is 2.05. The number of Topliss-reactive ketones (excluding diaryl/α,β-unsaturated/α-hetero) is 1. The van der Waals surface area contributed by atoms with Crippen molar-refractivity contribution in [2.75, 3.05) is 7.05 Å².